The summed E-state index contributed by atoms with van der Waals surface area (Å²) in [6.07, 6.45) is 0. The van der Waals surface area contributed by atoms with E-state index in [0.29, 0.717) is 0 Å². The molecule has 92 valence electrons. The van der Waals surface area contributed by atoms with Crippen molar-refractivity contribution in [2.45, 2.75) is 0 Å². The van der Waals surface area contributed by atoms with Gasteiger partial charge < -0.3 is 9.84 Å². The second-order valence-corrected chi connectivity index (χ2v) is 3.73. The van der Waals surface area contributed by atoms with Crippen LogP contribution in [0.15, 0.2) is 42.5 Å². The van der Waals surface area contributed by atoms with Crippen LogP contribution in [0.4, 0.5) is 4.39 Å². The highest BCUT2D eigenvalue weighted by molar-refractivity contribution is 5.88. The fraction of sp³-hybridized carbons (Fsp3) is 0.0714. The topological polar surface area (TPSA) is 46.5 Å². The average molecular weight is 246 g/mol. The maximum Gasteiger partial charge on any atom is 0.335 e. The Morgan fingerprint density at radius 3 is 2.28 bits per heavy atom. The van der Waals surface area contributed by atoms with E-state index >= 15 is 0 Å². The van der Waals surface area contributed by atoms with E-state index < -0.39 is 11.8 Å². The number of aromatic carboxylic acids is 1. The van der Waals surface area contributed by atoms with Gasteiger partial charge in [0.25, 0.3) is 0 Å². The van der Waals surface area contributed by atoms with E-state index in [1.165, 1.54) is 25.3 Å². The van der Waals surface area contributed by atoms with E-state index in [1.807, 2.05) is 0 Å². The van der Waals surface area contributed by atoms with Gasteiger partial charge in [-0.15, -0.1) is 0 Å². The summed E-state index contributed by atoms with van der Waals surface area (Å²) in [5, 5.41) is 8.80. The third-order valence-corrected chi connectivity index (χ3v) is 2.62. The summed E-state index contributed by atoms with van der Waals surface area (Å²) in [7, 11) is 1.40. The molecule has 0 atom stereocenters. The Bertz CT molecular complexity index is 576. The van der Waals surface area contributed by atoms with Crippen LogP contribution in [0.1, 0.15) is 10.4 Å². The van der Waals surface area contributed by atoms with Gasteiger partial charge in [0.15, 0.2) is 11.6 Å². The molecule has 0 saturated heterocycles. The number of hydrogen-bond acceptors (Lipinski definition) is 2. The quantitative estimate of drug-likeness (QED) is 0.904. The van der Waals surface area contributed by atoms with Crippen LogP contribution in [-0.4, -0.2) is 18.2 Å². The first-order valence-electron chi connectivity index (χ1n) is 5.29. The predicted molar refractivity (Wildman–Crippen MR) is 65.3 cm³/mol. The molecule has 0 saturated carbocycles. The largest absolute Gasteiger partial charge is 0.494 e. The number of benzene rings is 2. The van der Waals surface area contributed by atoms with Crippen molar-refractivity contribution in [1.82, 2.24) is 0 Å². The van der Waals surface area contributed by atoms with Crippen molar-refractivity contribution in [3.05, 3.63) is 53.8 Å². The highest BCUT2D eigenvalue weighted by atomic mass is 19.1. The zero-order valence-corrected chi connectivity index (χ0v) is 9.68. The smallest absolute Gasteiger partial charge is 0.335 e. The summed E-state index contributed by atoms with van der Waals surface area (Å²) in [4.78, 5) is 10.7. The molecule has 2 rings (SSSR count). The second-order valence-electron chi connectivity index (χ2n) is 3.73. The molecule has 0 aliphatic heterocycles. The van der Waals surface area contributed by atoms with Gasteiger partial charge in [-0.3, -0.25) is 0 Å². The molecule has 0 heterocycles. The van der Waals surface area contributed by atoms with Gasteiger partial charge >= 0.3 is 5.97 Å². The van der Waals surface area contributed by atoms with Crippen molar-refractivity contribution in [2.24, 2.45) is 0 Å². The maximum absolute atomic E-state index is 13.3. The first-order chi connectivity index (χ1) is 8.61. The predicted octanol–water partition coefficient (Wildman–Crippen LogP) is 3.20. The molecule has 0 radical (unpaired) electrons. The van der Waals surface area contributed by atoms with Crippen molar-refractivity contribution in [1.29, 1.82) is 0 Å². The molecular weight excluding hydrogens is 235 g/mol. The third-order valence-electron chi connectivity index (χ3n) is 2.62. The molecule has 3 nitrogen and oxygen atoms in total. The van der Waals surface area contributed by atoms with Crippen molar-refractivity contribution in [3.63, 3.8) is 0 Å². The normalized spacial score (nSPS) is 10.1. The molecular formula is C14H11FO3. The number of hydrogen-bond donors (Lipinski definition) is 1. The number of methoxy groups -OCH3 is 1. The van der Waals surface area contributed by atoms with Gasteiger partial charge in [-0.1, -0.05) is 18.2 Å². The molecule has 0 aliphatic carbocycles. The molecule has 0 bridgehead atoms. The molecule has 2 aromatic carbocycles. The van der Waals surface area contributed by atoms with E-state index in [4.69, 9.17) is 9.84 Å². The Labute approximate surface area is 103 Å². The molecule has 0 aromatic heterocycles. The lowest BCUT2D eigenvalue weighted by Crippen LogP contribution is -1.95. The lowest BCUT2D eigenvalue weighted by Gasteiger charge is -2.06. The van der Waals surface area contributed by atoms with Gasteiger partial charge in [0.1, 0.15) is 0 Å². The van der Waals surface area contributed by atoms with E-state index in [0.717, 1.165) is 11.1 Å². The van der Waals surface area contributed by atoms with Gasteiger partial charge in [-0.25, -0.2) is 9.18 Å². The van der Waals surface area contributed by atoms with Crippen molar-refractivity contribution >= 4 is 5.97 Å². The monoisotopic (exact) mass is 246 g/mol. The van der Waals surface area contributed by atoms with E-state index in [-0.39, 0.29) is 11.3 Å². The summed E-state index contributed by atoms with van der Waals surface area (Å²) in [6.45, 7) is 0. The first kappa shape index (κ1) is 12.1. The van der Waals surface area contributed by atoms with Crippen LogP contribution in [0.25, 0.3) is 11.1 Å². The summed E-state index contributed by atoms with van der Waals surface area (Å²) in [6, 6.07) is 10.9. The van der Waals surface area contributed by atoms with Gasteiger partial charge in [0, 0.05) is 0 Å². The van der Waals surface area contributed by atoms with Gasteiger partial charge in [-0.2, -0.15) is 0 Å². The molecule has 0 unspecified atom stereocenters. The van der Waals surface area contributed by atoms with Crippen LogP contribution >= 0.6 is 0 Å². The SMILES string of the molecule is COc1cc(-c2ccc(C(=O)O)cc2)ccc1F. The second kappa shape index (κ2) is 4.87. The Morgan fingerprint density at radius 1 is 1.11 bits per heavy atom. The van der Waals surface area contributed by atoms with E-state index in [2.05, 4.69) is 0 Å². The Kier molecular flexibility index (Phi) is 3.28. The standard InChI is InChI=1S/C14H11FO3/c1-18-13-8-11(6-7-12(13)15)9-2-4-10(5-3-9)14(16)17/h2-8H,1H3,(H,16,17). The molecule has 0 amide bonds. The van der Waals surface area contributed by atoms with Crippen LogP contribution in [0, 0.1) is 5.82 Å². The Hall–Kier alpha value is -2.36. The minimum absolute atomic E-state index is 0.162. The van der Waals surface area contributed by atoms with Crippen LogP contribution in [0.3, 0.4) is 0 Å². The van der Waals surface area contributed by atoms with E-state index in [9.17, 15) is 9.18 Å². The minimum Gasteiger partial charge on any atom is -0.494 e. The van der Waals surface area contributed by atoms with Crippen LogP contribution in [0.5, 0.6) is 5.75 Å². The molecule has 2 aromatic rings. The fourth-order valence-corrected chi connectivity index (χ4v) is 1.64. The lowest BCUT2D eigenvalue weighted by molar-refractivity contribution is 0.0697. The Morgan fingerprint density at radius 2 is 1.72 bits per heavy atom. The highest BCUT2D eigenvalue weighted by Crippen LogP contribution is 2.26. The van der Waals surface area contributed by atoms with Crippen molar-refractivity contribution < 1.29 is 19.0 Å². The molecule has 4 heteroatoms. The molecule has 0 fully saturated rings. The van der Waals surface area contributed by atoms with Gasteiger partial charge in [0.05, 0.1) is 12.7 Å². The molecule has 1 N–H and O–H groups in total. The Balaban J connectivity index is 2.39. The van der Waals surface area contributed by atoms with Gasteiger partial charge in [-0.05, 0) is 35.4 Å². The third kappa shape index (κ3) is 2.32. The summed E-state index contributed by atoms with van der Waals surface area (Å²) in [5.74, 6) is -1.24. The van der Waals surface area contributed by atoms with Crippen LogP contribution in [-0.2, 0) is 0 Å². The lowest BCUT2D eigenvalue weighted by atomic mass is 10.0. The number of carbonyl (C=O) groups is 1. The number of carboxylic acid groups (broad SMARTS) is 1. The van der Waals surface area contributed by atoms with Crippen molar-refractivity contribution in [2.75, 3.05) is 7.11 Å². The zero-order valence-electron chi connectivity index (χ0n) is 9.68. The number of halogens is 1. The summed E-state index contributed by atoms with van der Waals surface area (Å²) < 4.78 is 18.2. The maximum atomic E-state index is 13.3. The van der Waals surface area contributed by atoms with Crippen LogP contribution in [0.2, 0.25) is 0 Å². The molecule has 18 heavy (non-hydrogen) atoms. The minimum atomic E-state index is -0.974. The first-order valence-corrected chi connectivity index (χ1v) is 5.29. The number of carboxylic acids is 1. The van der Waals surface area contributed by atoms with Gasteiger partial charge in [0.2, 0.25) is 0 Å². The number of ether oxygens (including phenoxy) is 1. The van der Waals surface area contributed by atoms with Crippen molar-refractivity contribution in [3.8, 4) is 16.9 Å². The summed E-state index contributed by atoms with van der Waals surface area (Å²) >= 11 is 0. The summed E-state index contributed by atoms with van der Waals surface area (Å²) in [5.41, 5.74) is 1.79. The van der Waals surface area contributed by atoms with E-state index in [1.54, 1.807) is 24.3 Å². The average Bonchev–Trinajstić information content (AvgIpc) is 2.39. The molecule has 0 spiro atoms. The highest BCUT2D eigenvalue weighted by Gasteiger charge is 2.06. The number of rotatable bonds is 3. The fourth-order valence-electron chi connectivity index (χ4n) is 1.64. The molecule has 0 aliphatic rings. The zero-order chi connectivity index (χ0) is 13.1. The van der Waals surface area contributed by atoms with Crippen LogP contribution < -0.4 is 4.74 Å².